The highest BCUT2D eigenvalue weighted by Crippen LogP contribution is 2.31. The van der Waals surface area contributed by atoms with Gasteiger partial charge in [-0.05, 0) is 44.8 Å². The van der Waals surface area contributed by atoms with Crippen molar-refractivity contribution in [3.8, 4) is 5.75 Å². The zero-order chi connectivity index (χ0) is 21.3. The molecule has 1 aliphatic heterocycles. The SMILES string of the molecule is CCC(C(=O)Nc1cscc1C(N)=O)c1ccccc1OCCCN1CCCCC1. The van der Waals surface area contributed by atoms with Crippen LogP contribution in [-0.2, 0) is 4.79 Å². The molecule has 30 heavy (non-hydrogen) atoms. The van der Waals surface area contributed by atoms with Gasteiger partial charge in [0.1, 0.15) is 5.75 Å². The molecule has 1 aromatic heterocycles. The Bertz CT molecular complexity index is 846. The van der Waals surface area contributed by atoms with Gasteiger partial charge in [0, 0.05) is 22.9 Å². The number of nitrogens with two attached hydrogens (primary N) is 1. The number of rotatable bonds is 10. The number of para-hydroxylation sites is 1. The number of hydrogen-bond donors (Lipinski definition) is 2. The first-order chi connectivity index (χ1) is 14.6. The van der Waals surface area contributed by atoms with Crippen LogP contribution in [0.15, 0.2) is 35.0 Å². The van der Waals surface area contributed by atoms with Crippen molar-refractivity contribution in [1.29, 1.82) is 0 Å². The van der Waals surface area contributed by atoms with Crippen molar-refractivity contribution in [1.82, 2.24) is 4.90 Å². The number of likely N-dealkylation sites (tertiary alicyclic amines) is 1. The van der Waals surface area contributed by atoms with Crippen LogP contribution >= 0.6 is 11.3 Å². The molecule has 1 saturated heterocycles. The Hall–Kier alpha value is -2.38. The van der Waals surface area contributed by atoms with Crippen LogP contribution in [0.1, 0.15) is 60.9 Å². The molecule has 1 atom stereocenters. The standard InChI is InChI=1S/C23H31N3O3S/c1-2-17(23(28)25-20-16-30-15-19(20)22(24)27)18-9-4-5-10-21(18)29-14-8-13-26-11-6-3-7-12-26/h4-5,9-10,15-17H,2-3,6-8,11-14H2,1H3,(H2,24,27)(H,25,28). The molecule has 3 rings (SSSR count). The van der Waals surface area contributed by atoms with E-state index < -0.39 is 5.91 Å². The second kappa shape index (κ2) is 11.1. The monoisotopic (exact) mass is 429 g/mol. The first-order valence-corrected chi connectivity index (χ1v) is 11.7. The van der Waals surface area contributed by atoms with Gasteiger partial charge in [-0.2, -0.15) is 0 Å². The fourth-order valence-corrected chi connectivity index (χ4v) is 4.67. The van der Waals surface area contributed by atoms with E-state index in [2.05, 4.69) is 10.2 Å². The lowest BCUT2D eigenvalue weighted by molar-refractivity contribution is -0.117. The highest BCUT2D eigenvalue weighted by atomic mass is 32.1. The van der Waals surface area contributed by atoms with Crippen molar-refractivity contribution >= 4 is 28.8 Å². The lowest BCUT2D eigenvalue weighted by Gasteiger charge is -2.26. The lowest BCUT2D eigenvalue weighted by Crippen LogP contribution is -2.31. The van der Waals surface area contributed by atoms with Crippen molar-refractivity contribution in [3.63, 3.8) is 0 Å². The Balaban J connectivity index is 1.62. The summed E-state index contributed by atoms with van der Waals surface area (Å²) in [4.78, 5) is 27.0. The largest absolute Gasteiger partial charge is 0.493 e. The molecule has 2 aromatic rings. The zero-order valence-electron chi connectivity index (χ0n) is 17.6. The highest BCUT2D eigenvalue weighted by Gasteiger charge is 2.24. The van der Waals surface area contributed by atoms with Crippen LogP contribution in [0.5, 0.6) is 5.75 Å². The fraction of sp³-hybridized carbons (Fsp3) is 0.478. The molecule has 0 spiro atoms. The first-order valence-electron chi connectivity index (χ1n) is 10.7. The van der Waals surface area contributed by atoms with Gasteiger partial charge in [-0.25, -0.2) is 0 Å². The summed E-state index contributed by atoms with van der Waals surface area (Å²) in [6.07, 6.45) is 5.51. The van der Waals surface area contributed by atoms with Crippen molar-refractivity contribution < 1.29 is 14.3 Å². The van der Waals surface area contributed by atoms with Gasteiger partial charge in [0.05, 0.1) is 23.8 Å². The Labute approximate surface area is 182 Å². The summed E-state index contributed by atoms with van der Waals surface area (Å²) in [6.45, 7) is 6.02. The molecule has 2 heterocycles. The number of hydrogen-bond acceptors (Lipinski definition) is 5. The summed E-state index contributed by atoms with van der Waals surface area (Å²) in [5.74, 6) is -0.331. The van der Waals surface area contributed by atoms with Gasteiger partial charge in [0.25, 0.3) is 5.91 Å². The van der Waals surface area contributed by atoms with Crippen molar-refractivity contribution in [2.45, 2.75) is 44.9 Å². The van der Waals surface area contributed by atoms with Gasteiger partial charge in [-0.3, -0.25) is 9.59 Å². The maximum Gasteiger partial charge on any atom is 0.251 e. The normalized spacial score (nSPS) is 15.5. The third-order valence-corrected chi connectivity index (χ3v) is 6.27. The minimum absolute atomic E-state index is 0.164. The number of carbonyl (C=O) groups is 2. The molecular formula is C23H31N3O3S. The van der Waals surface area contributed by atoms with Crippen molar-refractivity contribution in [2.24, 2.45) is 5.73 Å². The van der Waals surface area contributed by atoms with E-state index in [4.69, 9.17) is 10.5 Å². The number of amides is 2. The molecule has 1 unspecified atom stereocenters. The molecule has 7 heteroatoms. The predicted molar refractivity (Wildman–Crippen MR) is 121 cm³/mol. The number of piperidine rings is 1. The quantitative estimate of drug-likeness (QED) is 0.554. The molecule has 1 aromatic carbocycles. The smallest absolute Gasteiger partial charge is 0.251 e. The number of nitrogens with zero attached hydrogens (tertiary/aromatic N) is 1. The third kappa shape index (κ3) is 5.83. The maximum atomic E-state index is 13.0. The van der Waals surface area contributed by atoms with Crippen molar-refractivity contribution in [2.75, 3.05) is 31.6 Å². The average Bonchev–Trinajstić information content (AvgIpc) is 3.22. The molecule has 1 fully saturated rings. The Morgan fingerprint density at radius 1 is 1.20 bits per heavy atom. The average molecular weight is 430 g/mol. The number of thiophene rings is 1. The molecule has 0 bridgehead atoms. The van der Waals surface area contributed by atoms with E-state index in [9.17, 15) is 9.59 Å². The number of ether oxygens (including phenoxy) is 1. The van der Waals surface area contributed by atoms with E-state index in [-0.39, 0.29) is 11.8 Å². The highest BCUT2D eigenvalue weighted by molar-refractivity contribution is 7.08. The molecule has 0 radical (unpaired) electrons. The lowest BCUT2D eigenvalue weighted by atomic mass is 9.94. The zero-order valence-corrected chi connectivity index (χ0v) is 18.4. The Kier molecular flexibility index (Phi) is 8.28. The first kappa shape index (κ1) is 22.3. The van der Waals surface area contributed by atoms with E-state index in [1.807, 2.05) is 31.2 Å². The third-order valence-electron chi connectivity index (χ3n) is 5.53. The van der Waals surface area contributed by atoms with E-state index >= 15 is 0 Å². The molecule has 162 valence electrons. The van der Waals surface area contributed by atoms with Crippen LogP contribution in [-0.4, -0.2) is 43.0 Å². The second-order valence-electron chi connectivity index (χ2n) is 7.66. The minimum atomic E-state index is -0.544. The van der Waals surface area contributed by atoms with Crippen LogP contribution < -0.4 is 15.8 Å². The summed E-state index contributed by atoms with van der Waals surface area (Å²) in [5, 5.41) is 6.25. The molecule has 0 aliphatic carbocycles. The fourth-order valence-electron chi connectivity index (χ4n) is 3.90. The maximum absolute atomic E-state index is 13.0. The molecule has 3 N–H and O–H groups in total. The van der Waals surface area contributed by atoms with Gasteiger partial charge in [-0.15, -0.1) is 11.3 Å². The predicted octanol–water partition coefficient (Wildman–Crippen LogP) is 4.23. The van der Waals surface area contributed by atoms with Gasteiger partial charge in [0.15, 0.2) is 0 Å². The van der Waals surface area contributed by atoms with Crippen LogP contribution in [0.25, 0.3) is 0 Å². The van der Waals surface area contributed by atoms with Gasteiger partial charge >= 0.3 is 0 Å². The molecule has 6 nitrogen and oxygen atoms in total. The van der Waals surface area contributed by atoms with E-state index in [0.717, 1.165) is 24.3 Å². The summed E-state index contributed by atoms with van der Waals surface area (Å²) < 4.78 is 6.08. The van der Waals surface area contributed by atoms with Gasteiger partial charge in [-0.1, -0.05) is 31.5 Å². The summed E-state index contributed by atoms with van der Waals surface area (Å²) in [6, 6.07) is 7.71. The van der Waals surface area contributed by atoms with Crippen LogP contribution in [0.2, 0.25) is 0 Å². The summed E-state index contributed by atoms with van der Waals surface area (Å²) >= 11 is 1.34. The number of primary amides is 1. The van der Waals surface area contributed by atoms with Gasteiger partial charge in [0.2, 0.25) is 5.91 Å². The molecule has 1 aliphatic rings. The molecular weight excluding hydrogens is 398 g/mol. The van der Waals surface area contributed by atoms with E-state index in [0.29, 0.717) is 24.3 Å². The van der Waals surface area contributed by atoms with Crippen LogP contribution in [0.3, 0.4) is 0 Å². The topological polar surface area (TPSA) is 84.7 Å². The summed E-state index contributed by atoms with van der Waals surface area (Å²) in [5.41, 5.74) is 7.07. The van der Waals surface area contributed by atoms with Gasteiger partial charge < -0.3 is 20.7 Å². The van der Waals surface area contributed by atoms with Crippen molar-refractivity contribution in [3.05, 3.63) is 46.2 Å². The number of nitrogens with one attached hydrogen (secondary N) is 1. The number of carbonyl (C=O) groups excluding carboxylic acids is 2. The summed E-state index contributed by atoms with van der Waals surface area (Å²) in [7, 11) is 0. The minimum Gasteiger partial charge on any atom is -0.493 e. The van der Waals surface area contributed by atoms with Crippen LogP contribution in [0, 0.1) is 0 Å². The second-order valence-corrected chi connectivity index (χ2v) is 8.40. The Morgan fingerprint density at radius 2 is 1.97 bits per heavy atom. The number of anilines is 1. The Morgan fingerprint density at radius 3 is 2.70 bits per heavy atom. The van der Waals surface area contributed by atoms with Crippen LogP contribution in [0.4, 0.5) is 5.69 Å². The number of benzene rings is 1. The molecule has 0 saturated carbocycles. The molecule has 2 amide bonds. The van der Waals surface area contributed by atoms with E-state index in [1.165, 1.54) is 43.7 Å². The van der Waals surface area contributed by atoms with E-state index in [1.54, 1.807) is 10.8 Å².